The molecule has 0 aromatic rings. The lowest BCUT2D eigenvalue weighted by Gasteiger charge is -2.31. The smallest absolute Gasteiger partial charge is 0.208 e. The number of aliphatic imine (C=N–C) groups is 1. The van der Waals surface area contributed by atoms with E-state index in [0.717, 1.165) is 19.0 Å². The van der Waals surface area contributed by atoms with Crippen molar-refractivity contribution in [2.45, 2.75) is 52.0 Å². The number of nitrogens with zero attached hydrogens (tertiary/aromatic N) is 2. The number of nitrogens with two attached hydrogens (primary N) is 1. The van der Waals surface area contributed by atoms with E-state index < -0.39 is 0 Å². The summed E-state index contributed by atoms with van der Waals surface area (Å²) in [5.41, 5.74) is 2.74. The molecule has 0 aliphatic carbocycles. The Bertz CT molecular complexity index is 203. The van der Waals surface area contributed by atoms with Crippen molar-refractivity contribution in [1.29, 1.82) is 0 Å². The van der Waals surface area contributed by atoms with Crippen LogP contribution in [0.3, 0.4) is 0 Å². The molecule has 4 nitrogen and oxygen atoms in total. The molecule has 4 heteroatoms. The van der Waals surface area contributed by atoms with Gasteiger partial charge in [-0.1, -0.05) is 19.8 Å². The molecule has 1 unspecified atom stereocenters. The highest BCUT2D eigenvalue weighted by atomic mass is 15.4. The van der Waals surface area contributed by atoms with Crippen molar-refractivity contribution in [3.63, 3.8) is 0 Å². The summed E-state index contributed by atoms with van der Waals surface area (Å²) in [6.07, 6.45) is 6.35. The molecule has 0 spiro atoms. The van der Waals surface area contributed by atoms with Crippen molar-refractivity contribution in [3.05, 3.63) is 0 Å². The molecule has 15 heavy (non-hydrogen) atoms. The fourth-order valence-electron chi connectivity index (χ4n) is 2.25. The third kappa shape index (κ3) is 3.38. The zero-order valence-corrected chi connectivity index (χ0v) is 10.00. The van der Waals surface area contributed by atoms with Gasteiger partial charge in [0.25, 0.3) is 0 Å². The lowest BCUT2D eigenvalue weighted by Crippen LogP contribution is -2.49. The third-order valence-corrected chi connectivity index (χ3v) is 3.06. The van der Waals surface area contributed by atoms with Gasteiger partial charge >= 0.3 is 0 Å². The van der Waals surface area contributed by atoms with Gasteiger partial charge in [0, 0.05) is 19.1 Å². The van der Waals surface area contributed by atoms with E-state index in [4.69, 9.17) is 5.84 Å². The molecule has 0 saturated carbocycles. The molecule has 1 rings (SSSR count). The summed E-state index contributed by atoms with van der Waals surface area (Å²) in [7, 11) is 0. The van der Waals surface area contributed by atoms with Crippen molar-refractivity contribution in [2.24, 2.45) is 10.8 Å². The van der Waals surface area contributed by atoms with Gasteiger partial charge < -0.3 is 4.90 Å². The van der Waals surface area contributed by atoms with E-state index in [-0.39, 0.29) is 0 Å². The first-order valence-corrected chi connectivity index (χ1v) is 6.11. The summed E-state index contributed by atoms with van der Waals surface area (Å²) < 4.78 is 0. The van der Waals surface area contributed by atoms with Gasteiger partial charge in [0.15, 0.2) is 0 Å². The van der Waals surface area contributed by atoms with E-state index in [1.807, 2.05) is 6.92 Å². The number of nitrogens with one attached hydrogen (secondary N) is 1. The molecule has 1 atom stereocenters. The first kappa shape index (κ1) is 12.3. The number of hydrogen-bond donors (Lipinski definition) is 2. The number of hydrazine groups is 1. The topological polar surface area (TPSA) is 53.6 Å². The zero-order valence-electron chi connectivity index (χ0n) is 10.00. The Kier molecular flexibility index (Phi) is 5.47. The van der Waals surface area contributed by atoms with E-state index in [9.17, 15) is 0 Å². The summed E-state index contributed by atoms with van der Waals surface area (Å²) >= 11 is 0. The molecule has 0 aromatic carbocycles. The SMILES string of the molecule is CCN=C(NN)N1CCCCCC1CC. The number of guanidine groups is 1. The lowest BCUT2D eigenvalue weighted by molar-refractivity contribution is 0.297. The maximum absolute atomic E-state index is 5.54. The van der Waals surface area contributed by atoms with Crippen LogP contribution in [0.4, 0.5) is 0 Å². The highest BCUT2D eigenvalue weighted by Gasteiger charge is 2.21. The molecule has 0 aromatic heterocycles. The van der Waals surface area contributed by atoms with Crippen LogP contribution in [0, 0.1) is 0 Å². The number of hydrogen-bond acceptors (Lipinski definition) is 2. The van der Waals surface area contributed by atoms with Gasteiger partial charge in [-0.05, 0) is 26.2 Å². The summed E-state index contributed by atoms with van der Waals surface area (Å²) in [4.78, 5) is 6.76. The Hall–Kier alpha value is -0.770. The Morgan fingerprint density at radius 1 is 1.40 bits per heavy atom. The maximum Gasteiger partial charge on any atom is 0.208 e. The minimum Gasteiger partial charge on any atom is -0.339 e. The predicted molar refractivity (Wildman–Crippen MR) is 64.6 cm³/mol. The fourth-order valence-corrected chi connectivity index (χ4v) is 2.25. The standard InChI is InChI=1S/C11H24N4/c1-3-10-8-6-5-7-9-15(10)11(14-12)13-4-2/h10H,3-9,12H2,1-2H3,(H,13,14). The highest BCUT2D eigenvalue weighted by molar-refractivity contribution is 5.79. The van der Waals surface area contributed by atoms with Gasteiger partial charge in [-0.3, -0.25) is 10.4 Å². The Labute approximate surface area is 92.9 Å². The average Bonchev–Trinajstić information content (AvgIpc) is 2.50. The molecule has 1 aliphatic heterocycles. The minimum atomic E-state index is 0.605. The quantitative estimate of drug-likeness (QED) is 0.315. The molecule has 88 valence electrons. The molecule has 0 amide bonds. The molecule has 1 aliphatic rings. The Morgan fingerprint density at radius 3 is 2.80 bits per heavy atom. The van der Waals surface area contributed by atoms with E-state index in [1.54, 1.807) is 0 Å². The maximum atomic E-state index is 5.54. The van der Waals surface area contributed by atoms with Crippen LogP contribution in [0.5, 0.6) is 0 Å². The van der Waals surface area contributed by atoms with Crippen LogP contribution in [0.25, 0.3) is 0 Å². The second-order valence-corrected chi connectivity index (χ2v) is 4.05. The van der Waals surface area contributed by atoms with Crippen molar-refractivity contribution < 1.29 is 0 Å². The summed E-state index contributed by atoms with van der Waals surface area (Å²) in [5.74, 6) is 6.40. The molecular weight excluding hydrogens is 188 g/mol. The van der Waals surface area contributed by atoms with E-state index in [1.165, 1.54) is 32.1 Å². The van der Waals surface area contributed by atoms with Crippen LogP contribution in [-0.2, 0) is 0 Å². The normalized spacial score (nSPS) is 23.8. The highest BCUT2D eigenvalue weighted by Crippen LogP contribution is 2.18. The van der Waals surface area contributed by atoms with Crippen molar-refractivity contribution in [1.82, 2.24) is 10.3 Å². The predicted octanol–water partition coefficient (Wildman–Crippen LogP) is 1.48. The number of likely N-dealkylation sites (tertiary alicyclic amines) is 1. The first-order chi connectivity index (χ1) is 7.33. The van der Waals surface area contributed by atoms with Gasteiger partial charge in [-0.15, -0.1) is 0 Å². The Balaban J connectivity index is 2.71. The fraction of sp³-hybridized carbons (Fsp3) is 0.909. The lowest BCUT2D eigenvalue weighted by atomic mass is 10.1. The van der Waals surface area contributed by atoms with Crippen molar-refractivity contribution in [3.8, 4) is 0 Å². The summed E-state index contributed by atoms with van der Waals surface area (Å²) in [6, 6.07) is 0.605. The van der Waals surface area contributed by atoms with Crippen LogP contribution in [-0.4, -0.2) is 30.0 Å². The van der Waals surface area contributed by atoms with E-state index >= 15 is 0 Å². The van der Waals surface area contributed by atoms with E-state index in [2.05, 4.69) is 22.2 Å². The largest absolute Gasteiger partial charge is 0.339 e. The first-order valence-electron chi connectivity index (χ1n) is 6.11. The number of rotatable bonds is 2. The van der Waals surface area contributed by atoms with Crippen LogP contribution < -0.4 is 11.3 Å². The van der Waals surface area contributed by atoms with Crippen LogP contribution in [0.2, 0.25) is 0 Å². The van der Waals surface area contributed by atoms with Crippen molar-refractivity contribution >= 4 is 5.96 Å². The second kappa shape index (κ2) is 6.67. The van der Waals surface area contributed by atoms with Gasteiger partial charge in [-0.25, -0.2) is 5.84 Å². The molecule has 0 radical (unpaired) electrons. The van der Waals surface area contributed by atoms with Crippen LogP contribution >= 0.6 is 0 Å². The monoisotopic (exact) mass is 212 g/mol. The molecule has 3 N–H and O–H groups in total. The van der Waals surface area contributed by atoms with Crippen LogP contribution in [0.1, 0.15) is 46.0 Å². The second-order valence-electron chi connectivity index (χ2n) is 4.05. The zero-order chi connectivity index (χ0) is 11.1. The molecule has 1 heterocycles. The minimum absolute atomic E-state index is 0.605. The van der Waals surface area contributed by atoms with Gasteiger partial charge in [0.05, 0.1) is 0 Å². The third-order valence-electron chi connectivity index (χ3n) is 3.06. The Morgan fingerprint density at radius 2 is 2.20 bits per heavy atom. The summed E-state index contributed by atoms with van der Waals surface area (Å²) in [5, 5.41) is 0. The van der Waals surface area contributed by atoms with E-state index in [0.29, 0.717) is 6.04 Å². The van der Waals surface area contributed by atoms with Gasteiger partial charge in [0.1, 0.15) is 0 Å². The molecule has 1 saturated heterocycles. The van der Waals surface area contributed by atoms with Crippen LogP contribution in [0.15, 0.2) is 4.99 Å². The molecular formula is C11H24N4. The molecule has 1 fully saturated rings. The molecule has 0 bridgehead atoms. The van der Waals surface area contributed by atoms with Gasteiger partial charge in [-0.2, -0.15) is 0 Å². The van der Waals surface area contributed by atoms with Crippen molar-refractivity contribution in [2.75, 3.05) is 13.1 Å². The summed E-state index contributed by atoms with van der Waals surface area (Å²) in [6.45, 7) is 6.15. The van der Waals surface area contributed by atoms with Gasteiger partial charge in [0.2, 0.25) is 5.96 Å². The average molecular weight is 212 g/mol.